The molecule has 0 radical (unpaired) electrons. The van der Waals surface area contributed by atoms with E-state index in [0.717, 1.165) is 5.69 Å². The van der Waals surface area contributed by atoms with Gasteiger partial charge in [0.15, 0.2) is 0 Å². The highest BCUT2D eigenvalue weighted by Gasteiger charge is 2.00. The first kappa shape index (κ1) is 12.0. The normalized spacial score (nSPS) is 11.0. The fourth-order valence-electron chi connectivity index (χ4n) is 1.96. The van der Waals surface area contributed by atoms with Gasteiger partial charge in [0.1, 0.15) is 0 Å². The first-order chi connectivity index (χ1) is 8.16. The van der Waals surface area contributed by atoms with Gasteiger partial charge in [0, 0.05) is 11.5 Å². The van der Waals surface area contributed by atoms with Gasteiger partial charge in [-0.25, -0.2) is 0 Å². The quantitative estimate of drug-likeness (QED) is 0.734. The predicted molar refractivity (Wildman–Crippen MR) is 76.6 cm³/mol. The Bertz CT molecular complexity index is 521. The summed E-state index contributed by atoms with van der Waals surface area (Å²) < 4.78 is 0. The first-order valence-corrected chi connectivity index (χ1v) is 6.66. The van der Waals surface area contributed by atoms with Gasteiger partial charge in [-0.15, -0.1) is 0 Å². The van der Waals surface area contributed by atoms with Crippen LogP contribution in [0.2, 0.25) is 0 Å². The van der Waals surface area contributed by atoms with Crippen molar-refractivity contribution in [3.63, 3.8) is 0 Å². The third-order valence-electron chi connectivity index (χ3n) is 2.65. The molecule has 0 bridgehead atoms. The van der Waals surface area contributed by atoms with E-state index in [1.165, 1.54) is 30.2 Å². The van der Waals surface area contributed by atoms with Crippen molar-refractivity contribution in [2.45, 2.75) is 20.8 Å². The number of nitrogens with zero attached hydrogens (tertiary/aromatic N) is 1. The highest BCUT2D eigenvalue weighted by molar-refractivity contribution is 7.48. The number of aromatic nitrogens is 1. The Morgan fingerprint density at radius 2 is 1.76 bits per heavy atom. The first-order valence-electron chi connectivity index (χ1n) is 5.70. The van der Waals surface area contributed by atoms with Gasteiger partial charge in [0.25, 0.3) is 0 Å². The van der Waals surface area contributed by atoms with Gasteiger partial charge >= 0.3 is 0 Å². The summed E-state index contributed by atoms with van der Waals surface area (Å²) >= 11 is 0. The van der Waals surface area contributed by atoms with Crippen molar-refractivity contribution in [2.24, 2.45) is 0 Å². The average Bonchev–Trinajstić information content (AvgIpc) is 2.29. The maximum atomic E-state index is 4.31. The van der Waals surface area contributed by atoms with Crippen LogP contribution >= 0.6 is 8.20 Å². The zero-order chi connectivity index (χ0) is 12.3. The monoisotopic (exact) mass is 241 g/mol. The van der Waals surface area contributed by atoms with Gasteiger partial charge in [0.05, 0.1) is 5.69 Å². The van der Waals surface area contributed by atoms with E-state index >= 15 is 0 Å². The molecular weight excluding hydrogens is 225 g/mol. The summed E-state index contributed by atoms with van der Waals surface area (Å²) in [4.78, 5) is 4.31. The zero-order valence-electron chi connectivity index (χ0n) is 10.4. The Hall–Kier alpha value is -1.46. The predicted octanol–water partition coefficient (Wildman–Crippen LogP) is 3.43. The molecule has 1 aromatic carbocycles. The van der Waals surface area contributed by atoms with Crippen molar-refractivity contribution in [1.82, 2.24) is 4.98 Å². The fourth-order valence-corrected chi connectivity index (χ4v) is 2.91. The van der Waals surface area contributed by atoms with Crippen molar-refractivity contribution in [3.8, 4) is 0 Å². The van der Waals surface area contributed by atoms with Crippen molar-refractivity contribution < 1.29 is 0 Å². The fraction of sp³-hybridized carbons (Fsp3) is 0.200. The average molecular weight is 241 g/mol. The molecule has 0 amide bonds. The van der Waals surface area contributed by atoms with Gasteiger partial charge in [-0.1, -0.05) is 32.0 Å². The van der Waals surface area contributed by atoms with Crippen molar-refractivity contribution in [1.29, 1.82) is 0 Å². The van der Waals surface area contributed by atoms with Crippen LogP contribution in [0, 0.1) is 20.8 Å². The van der Waals surface area contributed by atoms with Gasteiger partial charge in [-0.05, 0) is 49.8 Å². The summed E-state index contributed by atoms with van der Waals surface area (Å²) in [7, 11) is 1.22. The van der Waals surface area contributed by atoms with Crippen LogP contribution in [-0.2, 0) is 0 Å². The summed E-state index contributed by atoms with van der Waals surface area (Å²) in [5.41, 5.74) is 5.08. The summed E-state index contributed by atoms with van der Waals surface area (Å²) in [6, 6.07) is 10.5. The zero-order valence-corrected chi connectivity index (χ0v) is 11.3. The van der Waals surface area contributed by atoms with Gasteiger partial charge in [-0.3, -0.25) is 4.98 Å². The minimum Gasteiger partial charge on any atom is -0.257 e. The minimum absolute atomic E-state index is 1.04. The molecule has 0 aliphatic rings. The molecule has 0 saturated carbocycles. The number of benzene rings is 1. The van der Waals surface area contributed by atoms with Crippen LogP contribution < -0.4 is 5.30 Å². The molecule has 2 heteroatoms. The molecule has 0 atom stereocenters. The molecule has 1 nitrogen and oxygen atoms in total. The lowest BCUT2D eigenvalue weighted by Crippen LogP contribution is -2.04. The van der Waals surface area contributed by atoms with E-state index in [4.69, 9.17) is 0 Å². The number of hydrogen-bond donors (Lipinski definition) is 0. The van der Waals surface area contributed by atoms with Crippen LogP contribution in [0.1, 0.15) is 22.4 Å². The van der Waals surface area contributed by atoms with Gasteiger partial charge < -0.3 is 0 Å². The van der Waals surface area contributed by atoms with Crippen LogP contribution in [0.5, 0.6) is 0 Å². The smallest absolute Gasteiger partial charge is 0.0675 e. The molecule has 0 spiro atoms. The van der Waals surface area contributed by atoms with Crippen LogP contribution in [0.3, 0.4) is 0 Å². The van der Waals surface area contributed by atoms with Crippen LogP contribution in [0.15, 0.2) is 36.5 Å². The molecule has 0 unspecified atom stereocenters. The van der Waals surface area contributed by atoms with E-state index in [-0.39, 0.29) is 0 Å². The Labute approximate surface area is 104 Å². The second-order valence-electron chi connectivity index (χ2n) is 4.26. The van der Waals surface area contributed by atoms with E-state index in [1.54, 1.807) is 0 Å². The van der Waals surface area contributed by atoms with E-state index < -0.39 is 0 Å². The topological polar surface area (TPSA) is 12.9 Å². The Morgan fingerprint density at radius 3 is 2.35 bits per heavy atom. The van der Waals surface area contributed by atoms with Crippen molar-refractivity contribution >= 4 is 19.3 Å². The maximum Gasteiger partial charge on any atom is 0.0675 e. The second-order valence-corrected chi connectivity index (χ2v) is 5.22. The maximum absolute atomic E-state index is 4.31. The number of pyridine rings is 1. The van der Waals surface area contributed by atoms with E-state index in [0.29, 0.717) is 0 Å². The Morgan fingerprint density at radius 1 is 1.06 bits per heavy atom. The molecule has 0 fully saturated rings. The van der Waals surface area contributed by atoms with Crippen molar-refractivity contribution in [3.05, 3.63) is 58.9 Å². The lowest BCUT2D eigenvalue weighted by molar-refractivity contribution is 1.31. The summed E-state index contributed by atoms with van der Waals surface area (Å²) in [5, 5.41) is 1.39. The molecule has 0 N–H and O–H groups in total. The number of rotatable bonds is 2. The molecule has 17 heavy (non-hydrogen) atoms. The highest BCUT2D eigenvalue weighted by Crippen LogP contribution is 2.12. The lowest BCUT2D eigenvalue weighted by atomic mass is 10.1. The molecule has 1 aromatic heterocycles. The highest BCUT2D eigenvalue weighted by atomic mass is 31.1. The summed E-state index contributed by atoms with van der Waals surface area (Å²) in [6.07, 6.45) is 1.83. The lowest BCUT2D eigenvalue weighted by Gasteiger charge is -2.06. The largest absolute Gasteiger partial charge is 0.257 e. The van der Waals surface area contributed by atoms with Crippen LogP contribution in [0.4, 0.5) is 0 Å². The second kappa shape index (κ2) is 5.25. The summed E-state index contributed by atoms with van der Waals surface area (Å²) in [6.45, 7) is 6.49. The van der Waals surface area contributed by atoms with Crippen LogP contribution in [0.25, 0.3) is 0 Å². The van der Waals surface area contributed by atoms with E-state index in [2.05, 4.69) is 43.7 Å². The molecule has 0 aliphatic heterocycles. The molecule has 0 saturated heterocycles. The molecule has 86 valence electrons. The van der Waals surface area contributed by atoms with Crippen molar-refractivity contribution in [2.75, 3.05) is 0 Å². The molecule has 2 aromatic rings. The van der Waals surface area contributed by atoms with E-state index in [1.807, 2.05) is 24.4 Å². The van der Waals surface area contributed by atoms with Gasteiger partial charge in [-0.2, -0.15) is 0 Å². The Balaban J connectivity index is 2.34. The standard InChI is InChI=1S/C15H16NP/c1-11-8-12(2)15(13(3)9-11)17-10-14-6-4-5-7-16-14/h4-10H,1-3H3. The minimum atomic E-state index is 1.04. The van der Waals surface area contributed by atoms with E-state index in [9.17, 15) is 0 Å². The SMILES string of the molecule is Cc1cc(C)c(P=Cc2ccccn2)c(C)c1. The molecule has 2 rings (SSSR count). The Kier molecular flexibility index (Phi) is 3.71. The third kappa shape index (κ3) is 3.01. The number of hydrogen-bond acceptors (Lipinski definition) is 1. The summed E-state index contributed by atoms with van der Waals surface area (Å²) in [5.74, 6) is 2.16. The van der Waals surface area contributed by atoms with Gasteiger partial charge in [0.2, 0.25) is 0 Å². The van der Waals surface area contributed by atoms with Crippen LogP contribution in [-0.4, -0.2) is 10.8 Å². The molecule has 1 heterocycles. The molecular formula is C15H16NP. The number of aryl methyl sites for hydroxylation is 3. The molecule has 0 aliphatic carbocycles. The third-order valence-corrected chi connectivity index (χ3v) is 4.01.